The monoisotopic (exact) mass is 372 g/mol. The topological polar surface area (TPSA) is 76.7 Å². The molecule has 0 aliphatic carbocycles. The molecule has 134 valence electrons. The minimum atomic E-state index is -1.08. The molecule has 0 aliphatic rings. The van der Waals surface area contributed by atoms with Crippen molar-refractivity contribution in [2.75, 3.05) is 6.61 Å². The van der Waals surface area contributed by atoms with Crippen LogP contribution in [0.2, 0.25) is 5.02 Å². The van der Waals surface area contributed by atoms with Gasteiger partial charge >= 0.3 is 11.6 Å². The van der Waals surface area contributed by atoms with Crippen LogP contribution in [0.25, 0.3) is 11.0 Å². The summed E-state index contributed by atoms with van der Waals surface area (Å²) >= 11 is 6.21. The molecule has 0 spiro atoms. The Bertz CT molecular complexity index is 1050. The van der Waals surface area contributed by atoms with Gasteiger partial charge in [-0.05, 0) is 48.7 Å². The molecule has 1 N–H and O–H groups in total. The van der Waals surface area contributed by atoms with Crippen molar-refractivity contribution in [2.24, 2.45) is 0 Å². The van der Waals surface area contributed by atoms with Crippen molar-refractivity contribution >= 4 is 28.5 Å². The molecule has 0 radical (unpaired) electrons. The highest BCUT2D eigenvalue weighted by molar-refractivity contribution is 6.31. The maximum Gasteiger partial charge on any atom is 0.341 e. The predicted octanol–water partition coefficient (Wildman–Crippen LogP) is 4.12. The molecule has 26 heavy (non-hydrogen) atoms. The van der Waals surface area contributed by atoms with E-state index >= 15 is 0 Å². The molecule has 1 heterocycles. The summed E-state index contributed by atoms with van der Waals surface area (Å²) in [7, 11) is 0. The Morgan fingerprint density at radius 3 is 2.65 bits per heavy atom. The number of halogens is 1. The number of benzene rings is 2. The average Bonchev–Trinajstić information content (AvgIpc) is 2.57. The van der Waals surface area contributed by atoms with Crippen molar-refractivity contribution in [3.63, 3.8) is 0 Å². The molecular formula is C20H17ClO5. The van der Waals surface area contributed by atoms with E-state index in [9.17, 15) is 9.59 Å². The maximum absolute atomic E-state index is 12.5. The van der Waals surface area contributed by atoms with Crippen LogP contribution >= 0.6 is 11.6 Å². The summed E-state index contributed by atoms with van der Waals surface area (Å²) in [6.07, 6.45) is 0.316. The highest BCUT2D eigenvalue weighted by atomic mass is 35.5. The number of rotatable bonds is 5. The second-order valence-corrected chi connectivity index (χ2v) is 6.49. The van der Waals surface area contributed by atoms with E-state index in [4.69, 9.17) is 25.9 Å². The molecule has 3 rings (SSSR count). The lowest BCUT2D eigenvalue weighted by Gasteiger charge is -2.13. The zero-order chi connectivity index (χ0) is 18.8. The fourth-order valence-corrected chi connectivity index (χ4v) is 3.13. The molecule has 5 nitrogen and oxygen atoms in total. The highest BCUT2D eigenvalue weighted by Gasteiger charge is 2.17. The van der Waals surface area contributed by atoms with E-state index in [1.807, 2.05) is 25.1 Å². The number of carboxylic acid groups (broad SMARTS) is 1. The third-order valence-electron chi connectivity index (χ3n) is 4.16. The van der Waals surface area contributed by atoms with Gasteiger partial charge in [0.25, 0.3) is 0 Å². The summed E-state index contributed by atoms with van der Waals surface area (Å²) < 4.78 is 10.9. The van der Waals surface area contributed by atoms with Gasteiger partial charge in [-0.3, -0.25) is 0 Å². The van der Waals surface area contributed by atoms with Crippen LogP contribution in [0, 0.1) is 13.8 Å². The van der Waals surface area contributed by atoms with Crippen LogP contribution in [0.1, 0.15) is 22.3 Å². The molecule has 0 saturated carbocycles. The van der Waals surface area contributed by atoms with Gasteiger partial charge in [0.2, 0.25) is 0 Å². The number of aryl methyl sites for hydroxylation is 2. The van der Waals surface area contributed by atoms with Crippen LogP contribution in [-0.4, -0.2) is 17.7 Å². The molecule has 0 saturated heterocycles. The summed E-state index contributed by atoms with van der Waals surface area (Å²) in [5.41, 5.74) is 2.70. The van der Waals surface area contributed by atoms with E-state index in [2.05, 4.69) is 0 Å². The van der Waals surface area contributed by atoms with Gasteiger partial charge in [-0.2, -0.15) is 0 Å². The Morgan fingerprint density at radius 2 is 1.96 bits per heavy atom. The zero-order valence-electron chi connectivity index (χ0n) is 14.3. The number of aliphatic carboxylic acids is 1. The molecule has 2 aromatic carbocycles. The number of carboxylic acids is 1. The fraction of sp³-hybridized carbons (Fsp3) is 0.200. The first-order chi connectivity index (χ1) is 12.4. The van der Waals surface area contributed by atoms with Crippen molar-refractivity contribution < 1.29 is 19.1 Å². The molecular weight excluding hydrogens is 356 g/mol. The van der Waals surface area contributed by atoms with E-state index in [1.54, 1.807) is 25.1 Å². The molecule has 0 atom stereocenters. The summed E-state index contributed by atoms with van der Waals surface area (Å²) in [5.74, 6) is -0.699. The summed E-state index contributed by atoms with van der Waals surface area (Å²) in [6.45, 7) is 3.14. The Kier molecular flexibility index (Phi) is 5.00. The van der Waals surface area contributed by atoms with Gasteiger partial charge in [0.05, 0.1) is 5.39 Å². The third-order valence-corrected chi connectivity index (χ3v) is 4.53. The first-order valence-electron chi connectivity index (χ1n) is 8.01. The molecule has 3 aromatic rings. The summed E-state index contributed by atoms with van der Waals surface area (Å²) in [5, 5.41) is 10.1. The van der Waals surface area contributed by atoms with Crippen LogP contribution in [0.3, 0.4) is 0 Å². The van der Waals surface area contributed by atoms with Gasteiger partial charge in [0.15, 0.2) is 6.61 Å². The quantitative estimate of drug-likeness (QED) is 0.682. The van der Waals surface area contributed by atoms with Crippen LogP contribution in [0.4, 0.5) is 0 Å². The lowest BCUT2D eigenvalue weighted by atomic mass is 9.98. The summed E-state index contributed by atoms with van der Waals surface area (Å²) in [4.78, 5) is 23.4. The smallest absolute Gasteiger partial charge is 0.341 e. The molecule has 1 aromatic heterocycles. The van der Waals surface area contributed by atoms with Gasteiger partial charge in [-0.1, -0.05) is 29.8 Å². The largest absolute Gasteiger partial charge is 0.481 e. The Hall–Kier alpha value is -2.79. The van der Waals surface area contributed by atoms with Crippen LogP contribution in [0.15, 0.2) is 45.6 Å². The van der Waals surface area contributed by atoms with Crippen molar-refractivity contribution in [3.05, 3.63) is 74.1 Å². The van der Waals surface area contributed by atoms with Crippen molar-refractivity contribution in [3.8, 4) is 5.75 Å². The van der Waals surface area contributed by atoms with Crippen LogP contribution in [-0.2, 0) is 11.2 Å². The minimum Gasteiger partial charge on any atom is -0.481 e. The average molecular weight is 373 g/mol. The summed E-state index contributed by atoms with van der Waals surface area (Å²) in [6, 6.07) is 10.8. The standard InChI is InChI=1S/C20H17ClO5/c1-11-7-16(25-10-18(22)23)19-12(2)14(20(24)26-17(19)8-11)9-13-5-3-4-6-15(13)21/h3-8H,9-10H2,1-2H3,(H,22,23). The van der Waals surface area contributed by atoms with Gasteiger partial charge in [-0.25, -0.2) is 9.59 Å². The van der Waals surface area contributed by atoms with Gasteiger partial charge < -0.3 is 14.3 Å². The highest BCUT2D eigenvalue weighted by Crippen LogP contribution is 2.32. The van der Waals surface area contributed by atoms with Gasteiger partial charge in [-0.15, -0.1) is 0 Å². The predicted molar refractivity (Wildman–Crippen MR) is 99.3 cm³/mol. The number of ether oxygens (including phenoxy) is 1. The molecule has 0 aliphatic heterocycles. The van der Waals surface area contributed by atoms with Gasteiger partial charge in [0, 0.05) is 17.0 Å². The molecule has 6 heteroatoms. The van der Waals surface area contributed by atoms with Crippen molar-refractivity contribution in [1.29, 1.82) is 0 Å². The van der Waals surface area contributed by atoms with Crippen LogP contribution < -0.4 is 10.4 Å². The van der Waals surface area contributed by atoms with E-state index in [-0.39, 0.29) is 0 Å². The van der Waals surface area contributed by atoms with E-state index in [1.165, 1.54) is 0 Å². The molecule has 0 amide bonds. The maximum atomic E-state index is 12.5. The Morgan fingerprint density at radius 1 is 1.23 bits per heavy atom. The first-order valence-corrected chi connectivity index (χ1v) is 8.39. The lowest BCUT2D eigenvalue weighted by Crippen LogP contribution is -2.13. The third kappa shape index (κ3) is 3.58. The van der Waals surface area contributed by atoms with Gasteiger partial charge in [0.1, 0.15) is 11.3 Å². The SMILES string of the molecule is Cc1cc(OCC(=O)O)c2c(C)c(Cc3ccccc3Cl)c(=O)oc2c1. The first kappa shape index (κ1) is 18.0. The molecule has 0 bridgehead atoms. The lowest BCUT2D eigenvalue weighted by molar-refractivity contribution is -0.139. The number of fused-ring (bicyclic) bond motifs is 1. The number of carbonyl (C=O) groups is 1. The molecule has 0 unspecified atom stereocenters. The fourth-order valence-electron chi connectivity index (χ4n) is 2.93. The Balaban J connectivity index is 2.17. The van der Waals surface area contributed by atoms with Crippen molar-refractivity contribution in [2.45, 2.75) is 20.3 Å². The number of hydrogen-bond donors (Lipinski definition) is 1. The number of hydrogen-bond acceptors (Lipinski definition) is 4. The van der Waals surface area contributed by atoms with E-state index in [0.717, 1.165) is 11.1 Å². The Labute approximate surface area is 154 Å². The second kappa shape index (κ2) is 7.22. The van der Waals surface area contributed by atoms with E-state index < -0.39 is 18.2 Å². The molecule has 0 fully saturated rings. The normalized spacial score (nSPS) is 10.9. The minimum absolute atomic E-state index is 0.316. The zero-order valence-corrected chi connectivity index (χ0v) is 15.1. The van der Waals surface area contributed by atoms with Crippen LogP contribution in [0.5, 0.6) is 5.75 Å². The van der Waals surface area contributed by atoms with E-state index in [0.29, 0.717) is 39.3 Å². The van der Waals surface area contributed by atoms with Crippen molar-refractivity contribution in [1.82, 2.24) is 0 Å². The second-order valence-electron chi connectivity index (χ2n) is 6.08.